The standard InChI is InChI=1S/C6H8N2O3/c1-8(2)3-4(9)6(11)7-5(3)10/h1-2H3,(H2,7,9,10,11). The summed E-state index contributed by atoms with van der Waals surface area (Å²) in [5, 5.41) is 11.0. The van der Waals surface area contributed by atoms with Gasteiger partial charge < -0.3 is 10.0 Å². The fourth-order valence-electron chi connectivity index (χ4n) is 0.851. The van der Waals surface area contributed by atoms with E-state index in [1.807, 2.05) is 5.32 Å². The van der Waals surface area contributed by atoms with Crippen LogP contribution in [0.25, 0.3) is 0 Å². The maximum absolute atomic E-state index is 10.8. The van der Waals surface area contributed by atoms with Crippen LogP contribution in [0.15, 0.2) is 11.5 Å². The highest BCUT2D eigenvalue weighted by Gasteiger charge is 2.31. The Morgan fingerprint density at radius 2 is 1.82 bits per heavy atom. The van der Waals surface area contributed by atoms with E-state index in [0.717, 1.165) is 0 Å². The number of hydrogen-bond donors (Lipinski definition) is 2. The molecule has 1 heterocycles. The fourth-order valence-corrected chi connectivity index (χ4v) is 0.851. The molecule has 2 amide bonds. The first kappa shape index (κ1) is 7.59. The van der Waals surface area contributed by atoms with Gasteiger partial charge in [-0.15, -0.1) is 0 Å². The number of aliphatic hydroxyl groups is 1. The first-order valence-corrected chi connectivity index (χ1v) is 3.00. The monoisotopic (exact) mass is 156 g/mol. The third-order valence-electron chi connectivity index (χ3n) is 1.33. The number of nitrogens with zero attached hydrogens (tertiary/aromatic N) is 1. The minimum atomic E-state index is -0.737. The van der Waals surface area contributed by atoms with Crippen molar-refractivity contribution in [1.29, 1.82) is 0 Å². The first-order chi connectivity index (χ1) is 5.04. The fraction of sp³-hybridized carbons (Fsp3) is 0.333. The number of carbonyl (C=O) groups is 2. The van der Waals surface area contributed by atoms with Gasteiger partial charge in [-0.1, -0.05) is 0 Å². The summed E-state index contributed by atoms with van der Waals surface area (Å²) in [4.78, 5) is 22.9. The maximum Gasteiger partial charge on any atom is 0.295 e. The van der Waals surface area contributed by atoms with E-state index >= 15 is 0 Å². The Morgan fingerprint density at radius 3 is 2.00 bits per heavy atom. The average molecular weight is 156 g/mol. The molecule has 0 fully saturated rings. The highest BCUT2D eigenvalue weighted by molar-refractivity contribution is 6.17. The summed E-state index contributed by atoms with van der Waals surface area (Å²) in [6.45, 7) is 0. The van der Waals surface area contributed by atoms with Gasteiger partial charge in [0, 0.05) is 14.1 Å². The zero-order valence-corrected chi connectivity index (χ0v) is 6.21. The van der Waals surface area contributed by atoms with E-state index in [9.17, 15) is 9.59 Å². The molecule has 1 aliphatic heterocycles. The van der Waals surface area contributed by atoms with Gasteiger partial charge in [-0.25, -0.2) is 0 Å². The van der Waals surface area contributed by atoms with Crippen molar-refractivity contribution < 1.29 is 14.7 Å². The van der Waals surface area contributed by atoms with Crippen LogP contribution < -0.4 is 5.32 Å². The molecule has 0 aliphatic carbocycles. The molecule has 0 aromatic heterocycles. The number of likely N-dealkylation sites (N-methyl/N-ethyl adjacent to an activating group) is 1. The van der Waals surface area contributed by atoms with E-state index in [1.165, 1.54) is 4.90 Å². The molecule has 5 heteroatoms. The van der Waals surface area contributed by atoms with E-state index < -0.39 is 17.6 Å². The van der Waals surface area contributed by atoms with Crippen molar-refractivity contribution in [3.05, 3.63) is 11.5 Å². The maximum atomic E-state index is 10.8. The van der Waals surface area contributed by atoms with Gasteiger partial charge in [0.1, 0.15) is 0 Å². The molecule has 60 valence electrons. The molecule has 0 atom stereocenters. The van der Waals surface area contributed by atoms with Crippen molar-refractivity contribution in [1.82, 2.24) is 10.2 Å². The largest absolute Gasteiger partial charge is 0.501 e. The minimum Gasteiger partial charge on any atom is -0.501 e. The molecule has 0 saturated heterocycles. The van der Waals surface area contributed by atoms with Crippen molar-refractivity contribution in [2.45, 2.75) is 0 Å². The molecular formula is C6H8N2O3. The predicted molar refractivity (Wildman–Crippen MR) is 36.5 cm³/mol. The SMILES string of the molecule is CN(C)C1=C(O)C(=O)NC1=O. The second kappa shape index (κ2) is 2.26. The lowest BCUT2D eigenvalue weighted by Crippen LogP contribution is -2.26. The third-order valence-corrected chi connectivity index (χ3v) is 1.33. The Morgan fingerprint density at radius 1 is 1.27 bits per heavy atom. The van der Waals surface area contributed by atoms with Gasteiger partial charge in [0.05, 0.1) is 0 Å². The normalized spacial score (nSPS) is 17.3. The average Bonchev–Trinajstić information content (AvgIpc) is 2.07. The second-order valence-corrected chi connectivity index (χ2v) is 2.37. The minimum absolute atomic E-state index is 0.00926. The van der Waals surface area contributed by atoms with Crippen LogP contribution in [0.5, 0.6) is 0 Å². The summed E-state index contributed by atoms with van der Waals surface area (Å²) in [7, 11) is 3.15. The van der Waals surface area contributed by atoms with E-state index in [4.69, 9.17) is 5.11 Å². The smallest absolute Gasteiger partial charge is 0.295 e. The van der Waals surface area contributed by atoms with Crippen LogP contribution in [0.1, 0.15) is 0 Å². The number of rotatable bonds is 1. The molecule has 0 aromatic carbocycles. The zero-order valence-electron chi connectivity index (χ0n) is 6.21. The first-order valence-electron chi connectivity index (χ1n) is 3.00. The lowest BCUT2D eigenvalue weighted by molar-refractivity contribution is -0.125. The Bertz CT molecular complexity index is 255. The summed E-state index contributed by atoms with van der Waals surface area (Å²) in [5.74, 6) is -1.81. The molecule has 2 N–H and O–H groups in total. The number of amides is 2. The topological polar surface area (TPSA) is 69.6 Å². The van der Waals surface area contributed by atoms with E-state index in [1.54, 1.807) is 14.1 Å². The van der Waals surface area contributed by atoms with Gasteiger partial charge in [0.15, 0.2) is 5.70 Å². The molecule has 5 nitrogen and oxygen atoms in total. The number of aliphatic hydroxyl groups excluding tert-OH is 1. The van der Waals surface area contributed by atoms with Crippen LogP contribution in [0.3, 0.4) is 0 Å². The van der Waals surface area contributed by atoms with Crippen molar-refractivity contribution >= 4 is 11.8 Å². The van der Waals surface area contributed by atoms with Gasteiger partial charge in [-0.05, 0) is 0 Å². The Labute approximate surface area is 63.3 Å². The third kappa shape index (κ3) is 1.04. The van der Waals surface area contributed by atoms with Crippen LogP contribution >= 0.6 is 0 Å². The van der Waals surface area contributed by atoms with E-state index in [-0.39, 0.29) is 5.70 Å². The van der Waals surface area contributed by atoms with Crippen LogP contribution in [0.4, 0.5) is 0 Å². The molecule has 1 rings (SSSR count). The molecule has 0 unspecified atom stereocenters. The Balaban J connectivity index is 3.07. The lowest BCUT2D eigenvalue weighted by Gasteiger charge is -2.09. The van der Waals surface area contributed by atoms with E-state index in [2.05, 4.69) is 0 Å². The molecule has 0 aromatic rings. The van der Waals surface area contributed by atoms with Crippen molar-refractivity contribution in [2.75, 3.05) is 14.1 Å². The summed E-state index contributed by atoms with van der Waals surface area (Å²) < 4.78 is 0. The highest BCUT2D eigenvalue weighted by atomic mass is 16.3. The quantitative estimate of drug-likeness (QED) is 0.476. The van der Waals surface area contributed by atoms with Crippen LogP contribution in [-0.2, 0) is 9.59 Å². The van der Waals surface area contributed by atoms with Gasteiger partial charge in [0.25, 0.3) is 11.8 Å². The van der Waals surface area contributed by atoms with Gasteiger partial charge >= 0.3 is 0 Å². The lowest BCUT2D eigenvalue weighted by atomic mass is 10.4. The Kier molecular flexibility index (Phi) is 1.56. The number of nitrogens with one attached hydrogen (secondary N) is 1. The molecular weight excluding hydrogens is 148 g/mol. The van der Waals surface area contributed by atoms with Gasteiger partial charge in [-0.2, -0.15) is 0 Å². The number of imide groups is 1. The van der Waals surface area contributed by atoms with Crippen molar-refractivity contribution in [3.8, 4) is 0 Å². The van der Waals surface area contributed by atoms with Crippen LogP contribution in [-0.4, -0.2) is 35.9 Å². The molecule has 0 saturated carbocycles. The number of carbonyl (C=O) groups excluding carboxylic acids is 2. The molecule has 1 aliphatic rings. The molecule has 0 bridgehead atoms. The summed E-state index contributed by atoms with van der Waals surface area (Å²) >= 11 is 0. The van der Waals surface area contributed by atoms with Crippen molar-refractivity contribution in [2.24, 2.45) is 0 Å². The molecule has 0 radical (unpaired) electrons. The van der Waals surface area contributed by atoms with Gasteiger partial charge in [0.2, 0.25) is 5.76 Å². The van der Waals surface area contributed by atoms with Gasteiger partial charge in [-0.3, -0.25) is 14.9 Å². The number of hydrogen-bond acceptors (Lipinski definition) is 4. The van der Waals surface area contributed by atoms with Crippen molar-refractivity contribution in [3.63, 3.8) is 0 Å². The van der Waals surface area contributed by atoms with Crippen LogP contribution in [0, 0.1) is 0 Å². The van der Waals surface area contributed by atoms with Crippen LogP contribution in [0.2, 0.25) is 0 Å². The summed E-state index contributed by atoms with van der Waals surface area (Å²) in [6, 6.07) is 0. The zero-order chi connectivity index (χ0) is 8.59. The summed E-state index contributed by atoms with van der Waals surface area (Å²) in [5.41, 5.74) is 0.00926. The second-order valence-electron chi connectivity index (χ2n) is 2.37. The highest BCUT2D eigenvalue weighted by Crippen LogP contribution is 2.10. The predicted octanol–water partition coefficient (Wildman–Crippen LogP) is -1.03. The molecule has 11 heavy (non-hydrogen) atoms. The molecule has 0 spiro atoms. The Hall–Kier alpha value is -1.52. The summed E-state index contributed by atoms with van der Waals surface area (Å²) in [6.07, 6.45) is 0. The van der Waals surface area contributed by atoms with E-state index in [0.29, 0.717) is 0 Å².